The highest BCUT2D eigenvalue weighted by Crippen LogP contribution is 2.60. The number of likely N-dealkylation sites (tertiary alicyclic amines) is 1. The second-order valence-corrected chi connectivity index (χ2v) is 6.63. The molecule has 0 radical (unpaired) electrons. The Morgan fingerprint density at radius 3 is 3.26 bits per heavy atom. The van der Waals surface area contributed by atoms with E-state index in [-0.39, 0.29) is 5.41 Å². The molecule has 1 saturated heterocycles. The zero-order valence-electron chi connectivity index (χ0n) is 11.3. The van der Waals surface area contributed by atoms with Gasteiger partial charge in [-0.05, 0) is 38.1 Å². The first-order valence-corrected chi connectivity index (χ1v) is 7.46. The SMILES string of the molecule is CN1CC[C@]23c4c5cccc4OC2CC=CC3[C@H]1C5. The standard InChI is InChI=1S/C17H19NO/c1-18-9-8-17-12-5-3-7-15(17)19-14-6-2-4-11(16(14)17)10-13(12)18/h2-6,12-13,15H,7-10H2,1H3/t12?,13-,15?,17-/m1/s1. The van der Waals surface area contributed by atoms with Gasteiger partial charge in [-0.3, -0.25) is 0 Å². The fraction of sp³-hybridized carbons (Fsp3) is 0.529. The number of hydrogen-bond donors (Lipinski definition) is 0. The molecule has 1 aromatic rings. The fourth-order valence-corrected chi connectivity index (χ4v) is 5.19. The lowest BCUT2D eigenvalue weighted by Crippen LogP contribution is -2.62. The fourth-order valence-electron chi connectivity index (χ4n) is 5.19. The van der Waals surface area contributed by atoms with E-state index in [0.29, 0.717) is 18.1 Å². The molecule has 1 aromatic carbocycles. The van der Waals surface area contributed by atoms with Crippen LogP contribution < -0.4 is 4.74 Å². The van der Waals surface area contributed by atoms with Crippen LogP contribution in [0, 0.1) is 5.92 Å². The van der Waals surface area contributed by atoms with E-state index in [0.717, 1.165) is 6.42 Å². The number of nitrogens with zero attached hydrogens (tertiary/aromatic N) is 1. The van der Waals surface area contributed by atoms with Gasteiger partial charge in [0.05, 0.1) is 0 Å². The van der Waals surface area contributed by atoms with Crippen LogP contribution in [0.1, 0.15) is 24.0 Å². The maximum atomic E-state index is 6.34. The van der Waals surface area contributed by atoms with Crippen LogP contribution in [0.25, 0.3) is 0 Å². The van der Waals surface area contributed by atoms with Crippen molar-refractivity contribution in [3.63, 3.8) is 0 Å². The Balaban J connectivity index is 1.84. The van der Waals surface area contributed by atoms with Crippen LogP contribution in [0.5, 0.6) is 5.75 Å². The van der Waals surface area contributed by atoms with E-state index >= 15 is 0 Å². The molecule has 0 N–H and O–H groups in total. The predicted octanol–water partition coefficient (Wildman–Crippen LogP) is 2.52. The summed E-state index contributed by atoms with van der Waals surface area (Å²) in [6.07, 6.45) is 8.76. The van der Waals surface area contributed by atoms with Crippen LogP contribution >= 0.6 is 0 Å². The summed E-state index contributed by atoms with van der Waals surface area (Å²) in [4.78, 5) is 2.57. The van der Waals surface area contributed by atoms with Crippen LogP contribution in [0.4, 0.5) is 0 Å². The van der Waals surface area contributed by atoms with E-state index in [4.69, 9.17) is 4.74 Å². The van der Waals surface area contributed by atoms with Gasteiger partial charge in [-0.15, -0.1) is 0 Å². The van der Waals surface area contributed by atoms with Crippen LogP contribution in [0.2, 0.25) is 0 Å². The van der Waals surface area contributed by atoms with Gasteiger partial charge in [-0.2, -0.15) is 0 Å². The summed E-state index contributed by atoms with van der Waals surface area (Å²) in [5, 5.41) is 0. The summed E-state index contributed by atoms with van der Waals surface area (Å²) in [7, 11) is 2.29. The summed E-state index contributed by atoms with van der Waals surface area (Å²) in [5.41, 5.74) is 3.40. The van der Waals surface area contributed by atoms with E-state index < -0.39 is 0 Å². The van der Waals surface area contributed by atoms with Crippen molar-refractivity contribution < 1.29 is 4.74 Å². The first kappa shape index (κ1) is 10.5. The third-order valence-corrected chi connectivity index (χ3v) is 6.00. The molecule has 19 heavy (non-hydrogen) atoms. The van der Waals surface area contributed by atoms with E-state index in [1.54, 1.807) is 11.1 Å². The zero-order chi connectivity index (χ0) is 12.6. The Kier molecular flexibility index (Phi) is 1.79. The highest BCUT2D eigenvalue weighted by Gasteiger charge is 2.61. The van der Waals surface area contributed by atoms with Gasteiger partial charge >= 0.3 is 0 Å². The lowest BCUT2D eigenvalue weighted by atomic mass is 9.54. The Labute approximate surface area is 114 Å². The molecular formula is C17H19NO. The Bertz CT molecular complexity index is 593. The topological polar surface area (TPSA) is 12.5 Å². The molecule has 0 aromatic heterocycles. The zero-order valence-corrected chi connectivity index (χ0v) is 11.3. The smallest absolute Gasteiger partial charge is 0.123 e. The van der Waals surface area contributed by atoms with Crippen molar-refractivity contribution >= 4 is 0 Å². The average molecular weight is 253 g/mol. The molecule has 2 heteroatoms. The number of benzene rings is 1. The van der Waals surface area contributed by atoms with Crippen LogP contribution in [0.15, 0.2) is 30.4 Å². The highest BCUT2D eigenvalue weighted by molar-refractivity contribution is 5.55. The third kappa shape index (κ3) is 1.05. The summed E-state index contributed by atoms with van der Waals surface area (Å²) in [5.74, 6) is 1.83. The molecule has 2 unspecified atom stereocenters. The lowest BCUT2D eigenvalue weighted by molar-refractivity contribution is 0.00221. The molecule has 2 nitrogen and oxygen atoms in total. The molecule has 98 valence electrons. The molecule has 1 fully saturated rings. The second kappa shape index (κ2) is 3.24. The van der Waals surface area contributed by atoms with Gasteiger partial charge in [-0.25, -0.2) is 0 Å². The van der Waals surface area contributed by atoms with Crippen LogP contribution in [-0.2, 0) is 11.8 Å². The van der Waals surface area contributed by atoms with E-state index in [1.807, 2.05) is 0 Å². The second-order valence-electron chi connectivity index (χ2n) is 6.63. The van der Waals surface area contributed by atoms with Gasteiger partial charge in [0.25, 0.3) is 0 Å². The largest absolute Gasteiger partial charge is 0.489 e. The molecule has 1 spiro atoms. The van der Waals surface area contributed by atoms with Crippen molar-refractivity contribution in [1.82, 2.24) is 4.90 Å². The van der Waals surface area contributed by atoms with Crippen molar-refractivity contribution in [2.24, 2.45) is 5.92 Å². The third-order valence-electron chi connectivity index (χ3n) is 6.00. The maximum absolute atomic E-state index is 6.34. The number of hydrogen-bond acceptors (Lipinski definition) is 2. The van der Waals surface area contributed by atoms with Gasteiger partial charge < -0.3 is 9.64 Å². The predicted molar refractivity (Wildman–Crippen MR) is 74.5 cm³/mol. The lowest BCUT2D eigenvalue weighted by Gasteiger charge is -2.55. The molecule has 2 aliphatic heterocycles. The Morgan fingerprint density at radius 2 is 2.32 bits per heavy atom. The minimum atomic E-state index is 0.288. The van der Waals surface area contributed by atoms with E-state index in [2.05, 4.69) is 42.3 Å². The maximum Gasteiger partial charge on any atom is 0.123 e. The quantitative estimate of drug-likeness (QED) is 0.659. The van der Waals surface area contributed by atoms with Crippen molar-refractivity contribution in [2.45, 2.75) is 36.8 Å². The van der Waals surface area contributed by atoms with Gasteiger partial charge in [-0.1, -0.05) is 24.3 Å². The molecule has 0 saturated carbocycles. The normalized spacial score (nSPS) is 41.8. The minimum absolute atomic E-state index is 0.288. The van der Waals surface area contributed by atoms with Crippen molar-refractivity contribution in [3.8, 4) is 5.75 Å². The molecule has 0 amide bonds. The summed E-state index contributed by atoms with van der Waals surface area (Å²) in [6, 6.07) is 7.34. The highest BCUT2D eigenvalue weighted by atomic mass is 16.5. The molecule has 2 aliphatic carbocycles. The summed E-state index contributed by atoms with van der Waals surface area (Å²) < 4.78 is 6.34. The van der Waals surface area contributed by atoms with Gasteiger partial charge in [0.15, 0.2) is 0 Å². The Morgan fingerprint density at radius 1 is 1.37 bits per heavy atom. The average Bonchev–Trinajstić information content (AvgIpc) is 2.76. The first-order chi connectivity index (χ1) is 9.30. The molecule has 4 atom stereocenters. The minimum Gasteiger partial charge on any atom is -0.489 e. The van der Waals surface area contributed by atoms with Crippen LogP contribution in [-0.4, -0.2) is 30.6 Å². The number of rotatable bonds is 0. The molecule has 4 aliphatic rings. The van der Waals surface area contributed by atoms with Gasteiger partial charge in [0, 0.05) is 29.4 Å². The molecule has 2 bridgehead atoms. The number of ether oxygens (including phenoxy) is 1. The summed E-state index contributed by atoms with van der Waals surface area (Å²) >= 11 is 0. The first-order valence-electron chi connectivity index (χ1n) is 7.46. The molecule has 2 heterocycles. The monoisotopic (exact) mass is 253 g/mol. The Hall–Kier alpha value is -1.28. The molecule has 5 rings (SSSR count). The van der Waals surface area contributed by atoms with Crippen molar-refractivity contribution in [3.05, 3.63) is 41.5 Å². The van der Waals surface area contributed by atoms with Gasteiger partial charge in [0.1, 0.15) is 11.9 Å². The van der Waals surface area contributed by atoms with Crippen molar-refractivity contribution in [1.29, 1.82) is 0 Å². The van der Waals surface area contributed by atoms with E-state index in [9.17, 15) is 0 Å². The van der Waals surface area contributed by atoms with Gasteiger partial charge in [0.2, 0.25) is 0 Å². The molecular weight excluding hydrogens is 234 g/mol. The van der Waals surface area contributed by atoms with E-state index in [1.165, 1.54) is 25.1 Å². The summed E-state index contributed by atoms with van der Waals surface area (Å²) in [6.45, 7) is 1.21. The van der Waals surface area contributed by atoms with Crippen LogP contribution in [0.3, 0.4) is 0 Å². The number of piperidine rings is 1. The van der Waals surface area contributed by atoms with Crippen molar-refractivity contribution in [2.75, 3.05) is 13.6 Å². The number of likely N-dealkylation sites (N-methyl/N-ethyl adjacent to an activating group) is 1.